The summed E-state index contributed by atoms with van der Waals surface area (Å²) in [5.41, 5.74) is 0. The predicted octanol–water partition coefficient (Wildman–Crippen LogP) is 1.04. The maximum Gasteiger partial charge on any atom is 0.0643 e. The second-order valence-corrected chi connectivity index (χ2v) is 3.91. The van der Waals surface area contributed by atoms with E-state index >= 15 is 0 Å². The fourth-order valence-corrected chi connectivity index (χ4v) is 1.31. The lowest BCUT2D eigenvalue weighted by molar-refractivity contribution is -0.0197. The molecule has 1 N–H and O–H groups in total. The van der Waals surface area contributed by atoms with Crippen LogP contribution >= 0.6 is 0 Å². The van der Waals surface area contributed by atoms with Crippen LogP contribution in [0.25, 0.3) is 0 Å². The van der Waals surface area contributed by atoms with Crippen molar-refractivity contribution >= 4 is 0 Å². The molecule has 0 saturated carbocycles. The number of ether oxygens (including phenoxy) is 2. The predicted molar refractivity (Wildman–Crippen MR) is 52.9 cm³/mol. The molecule has 0 radical (unpaired) electrons. The van der Waals surface area contributed by atoms with Gasteiger partial charge in [-0.3, -0.25) is 0 Å². The van der Waals surface area contributed by atoms with Crippen LogP contribution in [0.4, 0.5) is 0 Å². The maximum absolute atomic E-state index is 5.42. The van der Waals surface area contributed by atoms with Crippen LogP contribution in [0.2, 0.25) is 0 Å². The summed E-state index contributed by atoms with van der Waals surface area (Å²) < 4.78 is 10.5. The average molecular weight is 187 g/mol. The zero-order chi connectivity index (χ0) is 9.68. The van der Waals surface area contributed by atoms with Crippen molar-refractivity contribution in [2.75, 3.05) is 26.4 Å². The van der Waals surface area contributed by atoms with Crippen LogP contribution in [0.1, 0.15) is 20.8 Å². The van der Waals surface area contributed by atoms with Crippen molar-refractivity contribution in [3.8, 4) is 0 Å². The summed E-state index contributed by atoms with van der Waals surface area (Å²) in [4.78, 5) is 0. The largest absolute Gasteiger partial charge is 0.380 e. The molecule has 0 aliphatic carbocycles. The summed E-state index contributed by atoms with van der Waals surface area (Å²) >= 11 is 0. The molecule has 0 amide bonds. The third-order valence-corrected chi connectivity index (χ3v) is 2.39. The molecule has 1 aliphatic rings. The molecule has 0 aromatic heterocycles. The van der Waals surface area contributed by atoms with Gasteiger partial charge in [0.1, 0.15) is 0 Å². The molecule has 1 rings (SSSR count). The number of hydrogen-bond donors (Lipinski definition) is 1. The molecule has 1 fully saturated rings. The van der Waals surface area contributed by atoms with Crippen molar-refractivity contribution in [2.45, 2.75) is 32.9 Å². The fraction of sp³-hybridized carbons (Fsp3) is 1.00. The Bertz CT molecular complexity index is 135. The van der Waals surface area contributed by atoms with Crippen LogP contribution in [0, 0.1) is 5.92 Å². The SMILES string of the molecule is CCOCC(NC1COC1)C(C)C. The Morgan fingerprint density at radius 1 is 1.46 bits per heavy atom. The van der Waals surface area contributed by atoms with E-state index in [1.807, 2.05) is 6.92 Å². The second-order valence-electron chi connectivity index (χ2n) is 3.91. The number of rotatable bonds is 6. The van der Waals surface area contributed by atoms with E-state index in [0.29, 0.717) is 18.0 Å². The Morgan fingerprint density at radius 3 is 2.54 bits per heavy atom. The van der Waals surface area contributed by atoms with Gasteiger partial charge in [-0.25, -0.2) is 0 Å². The molecule has 1 saturated heterocycles. The molecule has 1 atom stereocenters. The van der Waals surface area contributed by atoms with Crippen LogP contribution in [0.15, 0.2) is 0 Å². The third kappa shape index (κ3) is 3.63. The molecule has 13 heavy (non-hydrogen) atoms. The average Bonchev–Trinajstić information content (AvgIpc) is 2.01. The van der Waals surface area contributed by atoms with Crippen LogP contribution in [0.5, 0.6) is 0 Å². The van der Waals surface area contributed by atoms with E-state index in [1.54, 1.807) is 0 Å². The van der Waals surface area contributed by atoms with Gasteiger partial charge in [0, 0.05) is 12.6 Å². The highest BCUT2D eigenvalue weighted by molar-refractivity contribution is 4.80. The van der Waals surface area contributed by atoms with E-state index in [1.165, 1.54) is 0 Å². The highest BCUT2D eigenvalue weighted by Crippen LogP contribution is 2.07. The van der Waals surface area contributed by atoms with Crippen molar-refractivity contribution in [3.63, 3.8) is 0 Å². The molecule has 3 heteroatoms. The maximum atomic E-state index is 5.42. The molecular formula is C10H21NO2. The zero-order valence-electron chi connectivity index (χ0n) is 8.88. The van der Waals surface area contributed by atoms with Crippen molar-refractivity contribution in [1.29, 1.82) is 0 Å². The molecule has 1 unspecified atom stereocenters. The zero-order valence-corrected chi connectivity index (χ0v) is 8.88. The van der Waals surface area contributed by atoms with Gasteiger partial charge >= 0.3 is 0 Å². The van der Waals surface area contributed by atoms with Gasteiger partial charge in [0.15, 0.2) is 0 Å². The Labute approximate surface area is 80.8 Å². The molecule has 78 valence electrons. The van der Waals surface area contributed by atoms with Crippen LogP contribution in [-0.2, 0) is 9.47 Å². The van der Waals surface area contributed by atoms with E-state index in [2.05, 4.69) is 19.2 Å². The van der Waals surface area contributed by atoms with Crippen LogP contribution in [-0.4, -0.2) is 38.5 Å². The van der Waals surface area contributed by atoms with Crippen molar-refractivity contribution in [1.82, 2.24) is 5.32 Å². The first-order valence-corrected chi connectivity index (χ1v) is 5.15. The quantitative estimate of drug-likeness (QED) is 0.674. The minimum atomic E-state index is 0.467. The fourth-order valence-electron chi connectivity index (χ4n) is 1.31. The summed E-state index contributed by atoms with van der Waals surface area (Å²) in [5.74, 6) is 0.618. The molecular weight excluding hydrogens is 166 g/mol. The lowest BCUT2D eigenvalue weighted by Gasteiger charge is -2.33. The standard InChI is InChI=1S/C10H21NO2/c1-4-12-7-10(8(2)3)11-9-5-13-6-9/h8-11H,4-7H2,1-3H3. The Kier molecular flexibility index (Phi) is 4.70. The summed E-state index contributed by atoms with van der Waals surface area (Å²) in [6.45, 7) is 9.79. The number of nitrogens with one attached hydrogen (secondary N) is 1. The van der Waals surface area contributed by atoms with E-state index < -0.39 is 0 Å². The summed E-state index contributed by atoms with van der Waals surface area (Å²) in [5, 5.41) is 3.54. The van der Waals surface area contributed by atoms with Gasteiger partial charge in [-0.1, -0.05) is 13.8 Å². The molecule has 1 aliphatic heterocycles. The molecule has 1 heterocycles. The Hall–Kier alpha value is -0.120. The van der Waals surface area contributed by atoms with Gasteiger partial charge in [-0.15, -0.1) is 0 Å². The van der Waals surface area contributed by atoms with E-state index in [4.69, 9.17) is 9.47 Å². The smallest absolute Gasteiger partial charge is 0.0643 e. The summed E-state index contributed by atoms with van der Waals surface area (Å²) in [6.07, 6.45) is 0. The van der Waals surface area contributed by atoms with Gasteiger partial charge in [0.2, 0.25) is 0 Å². The molecule has 0 aromatic rings. The van der Waals surface area contributed by atoms with Gasteiger partial charge in [0.25, 0.3) is 0 Å². The van der Waals surface area contributed by atoms with Crippen LogP contribution in [0.3, 0.4) is 0 Å². The number of hydrogen-bond acceptors (Lipinski definition) is 3. The van der Waals surface area contributed by atoms with Crippen molar-refractivity contribution in [2.24, 2.45) is 5.92 Å². The monoisotopic (exact) mass is 187 g/mol. The molecule has 0 aromatic carbocycles. The topological polar surface area (TPSA) is 30.5 Å². The van der Waals surface area contributed by atoms with E-state index in [0.717, 1.165) is 26.4 Å². The first-order valence-electron chi connectivity index (χ1n) is 5.15. The first-order chi connectivity index (χ1) is 6.24. The second kappa shape index (κ2) is 5.58. The van der Waals surface area contributed by atoms with Gasteiger partial charge in [0.05, 0.1) is 25.9 Å². The Balaban J connectivity index is 2.19. The lowest BCUT2D eigenvalue weighted by Crippen LogP contribution is -2.53. The highest BCUT2D eigenvalue weighted by atomic mass is 16.5. The van der Waals surface area contributed by atoms with Crippen molar-refractivity contribution in [3.05, 3.63) is 0 Å². The minimum absolute atomic E-state index is 0.467. The van der Waals surface area contributed by atoms with Gasteiger partial charge in [-0.2, -0.15) is 0 Å². The lowest BCUT2D eigenvalue weighted by atomic mass is 10.0. The molecule has 0 spiro atoms. The summed E-state index contributed by atoms with van der Waals surface area (Å²) in [7, 11) is 0. The van der Waals surface area contributed by atoms with E-state index in [9.17, 15) is 0 Å². The molecule has 3 nitrogen and oxygen atoms in total. The first kappa shape index (κ1) is 11.0. The summed E-state index contributed by atoms with van der Waals surface area (Å²) in [6, 6.07) is 1.02. The van der Waals surface area contributed by atoms with Gasteiger partial charge < -0.3 is 14.8 Å². The Morgan fingerprint density at radius 2 is 2.15 bits per heavy atom. The van der Waals surface area contributed by atoms with Crippen molar-refractivity contribution < 1.29 is 9.47 Å². The molecule has 0 bridgehead atoms. The van der Waals surface area contributed by atoms with E-state index in [-0.39, 0.29) is 0 Å². The highest BCUT2D eigenvalue weighted by Gasteiger charge is 2.23. The van der Waals surface area contributed by atoms with Gasteiger partial charge in [-0.05, 0) is 12.8 Å². The minimum Gasteiger partial charge on any atom is -0.380 e. The van der Waals surface area contributed by atoms with Crippen LogP contribution < -0.4 is 5.32 Å². The third-order valence-electron chi connectivity index (χ3n) is 2.39. The normalized spacial score (nSPS) is 20.3.